The zero-order chi connectivity index (χ0) is 12.5. The van der Waals surface area contributed by atoms with E-state index in [0.717, 1.165) is 43.3 Å². The van der Waals surface area contributed by atoms with E-state index >= 15 is 0 Å². The number of aromatic nitrogens is 2. The Labute approximate surface area is 104 Å². The van der Waals surface area contributed by atoms with Crippen LogP contribution in [0.15, 0.2) is 12.4 Å². The van der Waals surface area contributed by atoms with E-state index in [4.69, 9.17) is 0 Å². The Morgan fingerprint density at radius 3 is 2.59 bits per heavy atom. The summed E-state index contributed by atoms with van der Waals surface area (Å²) in [5.41, 5.74) is -0.523. The smallest absolute Gasteiger partial charge is 0.111 e. The van der Waals surface area contributed by atoms with Crippen LogP contribution in [0, 0.1) is 11.8 Å². The summed E-state index contributed by atoms with van der Waals surface area (Å²) < 4.78 is 2.01. The van der Waals surface area contributed by atoms with Crippen LogP contribution in [0.3, 0.4) is 0 Å². The predicted octanol–water partition coefficient (Wildman–Crippen LogP) is 2.54. The van der Waals surface area contributed by atoms with Crippen LogP contribution in [-0.4, -0.2) is 20.3 Å². The van der Waals surface area contributed by atoms with Crippen molar-refractivity contribution in [3.05, 3.63) is 18.2 Å². The van der Waals surface area contributed by atoms with Crippen molar-refractivity contribution in [3.8, 4) is 0 Å². The monoisotopic (exact) mass is 236 g/mol. The van der Waals surface area contributed by atoms with Gasteiger partial charge in [0.05, 0.1) is 5.60 Å². The highest BCUT2D eigenvalue weighted by Crippen LogP contribution is 2.37. The molecule has 1 fully saturated rings. The molecule has 1 aliphatic carbocycles. The number of hydrogen-bond donors (Lipinski definition) is 1. The first-order valence-electron chi connectivity index (χ1n) is 6.69. The second kappa shape index (κ2) is 4.81. The molecule has 0 atom stereocenters. The molecular formula is C14H24N2O. The highest BCUT2D eigenvalue weighted by Gasteiger charge is 2.35. The third-order valence-electron chi connectivity index (χ3n) is 4.31. The van der Waals surface area contributed by atoms with Gasteiger partial charge in [0.2, 0.25) is 0 Å². The van der Waals surface area contributed by atoms with E-state index in [1.807, 2.05) is 17.8 Å². The molecule has 1 heterocycles. The normalized spacial score (nSPS) is 29.8. The summed E-state index contributed by atoms with van der Waals surface area (Å²) >= 11 is 0. The highest BCUT2D eigenvalue weighted by atomic mass is 16.3. The summed E-state index contributed by atoms with van der Waals surface area (Å²) in [7, 11) is 1.99. The molecule has 3 heteroatoms. The molecule has 0 saturated heterocycles. The van der Waals surface area contributed by atoms with E-state index < -0.39 is 5.60 Å². The molecule has 0 aromatic carbocycles. The van der Waals surface area contributed by atoms with Gasteiger partial charge in [-0.15, -0.1) is 0 Å². The van der Waals surface area contributed by atoms with Crippen molar-refractivity contribution < 1.29 is 5.11 Å². The summed E-state index contributed by atoms with van der Waals surface area (Å²) in [6.45, 7) is 4.57. The summed E-state index contributed by atoms with van der Waals surface area (Å²) in [6.07, 6.45) is 8.58. The van der Waals surface area contributed by atoms with E-state index in [-0.39, 0.29) is 0 Å². The van der Waals surface area contributed by atoms with Crippen molar-refractivity contribution in [1.82, 2.24) is 9.55 Å². The summed E-state index contributed by atoms with van der Waals surface area (Å²) in [6, 6.07) is 0. The van der Waals surface area contributed by atoms with Gasteiger partial charge < -0.3 is 9.67 Å². The van der Waals surface area contributed by atoms with Crippen molar-refractivity contribution in [3.63, 3.8) is 0 Å². The third-order valence-corrected chi connectivity index (χ3v) is 4.31. The van der Waals surface area contributed by atoms with Crippen LogP contribution in [0.1, 0.15) is 45.4 Å². The average Bonchev–Trinajstić information content (AvgIpc) is 2.64. The molecule has 1 aromatic heterocycles. The fourth-order valence-corrected chi connectivity index (χ4v) is 2.88. The fourth-order valence-electron chi connectivity index (χ4n) is 2.88. The zero-order valence-corrected chi connectivity index (χ0v) is 11.2. The first-order chi connectivity index (χ1) is 8.00. The first-order valence-corrected chi connectivity index (χ1v) is 6.69. The van der Waals surface area contributed by atoms with Gasteiger partial charge in [0, 0.05) is 25.9 Å². The van der Waals surface area contributed by atoms with Gasteiger partial charge in [-0.2, -0.15) is 0 Å². The van der Waals surface area contributed by atoms with Crippen LogP contribution in [0.2, 0.25) is 0 Å². The Morgan fingerprint density at radius 1 is 1.47 bits per heavy atom. The standard InChI is InChI=1S/C14H24N2O/c1-11(2)12-4-6-14(17,7-5-12)10-13-15-8-9-16(13)3/h8-9,11-12,17H,4-7,10H2,1-3H3. The number of imidazole rings is 1. The fraction of sp³-hybridized carbons (Fsp3) is 0.786. The largest absolute Gasteiger partial charge is 0.389 e. The first kappa shape index (κ1) is 12.6. The van der Waals surface area contributed by atoms with Gasteiger partial charge in [-0.3, -0.25) is 0 Å². The summed E-state index contributed by atoms with van der Waals surface area (Å²) in [4.78, 5) is 4.31. The quantitative estimate of drug-likeness (QED) is 0.875. The van der Waals surface area contributed by atoms with Gasteiger partial charge in [0.25, 0.3) is 0 Å². The summed E-state index contributed by atoms with van der Waals surface area (Å²) in [5.74, 6) is 2.53. The number of nitrogens with zero attached hydrogens (tertiary/aromatic N) is 2. The Kier molecular flexibility index (Phi) is 3.57. The molecule has 0 amide bonds. The second-order valence-electron chi connectivity index (χ2n) is 5.94. The number of aryl methyl sites for hydroxylation is 1. The Morgan fingerprint density at radius 2 is 2.12 bits per heavy atom. The maximum Gasteiger partial charge on any atom is 0.111 e. The van der Waals surface area contributed by atoms with Crippen molar-refractivity contribution in [1.29, 1.82) is 0 Å². The van der Waals surface area contributed by atoms with Crippen LogP contribution in [0.4, 0.5) is 0 Å². The molecule has 2 rings (SSSR count). The molecule has 0 unspecified atom stereocenters. The van der Waals surface area contributed by atoms with Crippen LogP contribution >= 0.6 is 0 Å². The molecule has 1 aromatic rings. The average molecular weight is 236 g/mol. The lowest BCUT2D eigenvalue weighted by Gasteiger charge is -2.37. The molecule has 0 aliphatic heterocycles. The number of rotatable bonds is 3. The van der Waals surface area contributed by atoms with Gasteiger partial charge in [0.15, 0.2) is 0 Å². The van der Waals surface area contributed by atoms with Crippen molar-refractivity contribution in [2.75, 3.05) is 0 Å². The van der Waals surface area contributed by atoms with Crippen molar-refractivity contribution in [2.45, 2.75) is 51.6 Å². The van der Waals surface area contributed by atoms with Gasteiger partial charge in [-0.1, -0.05) is 13.8 Å². The van der Waals surface area contributed by atoms with Gasteiger partial charge in [-0.25, -0.2) is 4.98 Å². The summed E-state index contributed by atoms with van der Waals surface area (Å²) in [5, 5.41) is 10.6. The van der Waals surface area contributed by atoms with Gasteiger partial charge in [-0.05, 0) is 37.5 Å². The van der Waals surface area contributed by atoms with E-state index in [0.29, 0.717) is 6.42 Å². The predicted molar refractivity (Wildman–Crippen MR) is 68.7 cm³/mol. The lowest BCUT2D eigenvalue weighted by molar-refractivity contribution is -0.0165. The Bertz CT molecular complexity index is 362. The molecule has 1 N–H and O–H groups in total. The van der Waals surface area contributed by atoms with Crippen LogP contribution in [0.5, 0.6) is 0 Å². The lowest BCUT2D eigenvalue weighted by Crippen LogP contribution is -2.38. The van der Waals surface area contributed by atoms with Gasteiger partial charge >= 0.3 is 0 Å². The molecule has 17 heavy (non-hydrogen) atoms. The minimum Gasteiger partial charge on any atom is -0.389 e. The SMILES string of the molecule is CC(C)C1CCC(O)(Cc2nccn2C)CC1. The molecule has 1 aliphatic rings. The van der Waals surface area contributed by atoms with Crippen LogP contribution in [-0.2, 0) is 13.5 Å². The molecule has 0 bridgehead atoms. The zero-order valence-electron chi connectivity index (χ0n) is 11.2. The van der Waals surface area contributed by atoms with E-state index in [1.165, 1.54) is 0 Å². The minimum absolute atomic E-state index is 0.523. The van der Waals surface area contributed by atoms with Gasteiger partial charge in [0.1, 0.15) is 5.82 Å². The molecule has 3 nitrogen and oxygen atoms in total. The molecule has 0 radical (unpaired) electrons. The van der Waals surface area contributed by atoms with Crippen LogP contribution in [0.25, 0.3) is 0 Å². The van der Waals surface area contributed by atoms with Crippen molar-refractivity contribution >= 4 is 0 Å². The van der Waals surface area contributed by atoms with E-state index in [9.17, 15) is 5.11 Å². The molecule has 96 valence electrons. The highest BCUT2D eigenvalue weighted by molar-refractivity contribution is 4.99. The molecular weight excluding hydrogens is 212 g/mol. The topological polar surface area (TPSA) is 38.1 Å². The number of aliphatic hydroxyl groups is 1. The maximum atomic E-state index is 10.6. The van der Waals surface area contributed by atoms with E-state index in [2.05, 4.69) is 18.8 Å². The Hall–Kier alpha value is -0.830. The molecule has 0 spiro atoms. The lowest BCUT2D eigenvalue weighted by atomic mass is 9.73. The van der Waals surface area contributed by atoms with E-state index in [1.54, 1.807) is 6.20 Å². The maximum absolute atomic E-state index is 10.6. The second-order valence-corrected chi connectivity index (χ2v) is 5.94. The number of hydrogen-bond acceptors (Lipinski definition) is 2. The minimum atomic E-state index is -0.523. The third kappa shape index (κ3) is 2.89. The van der Waals surface area contributed by atoms with Crippen LogP contribution < -0.4 is 0 Å². The Balaban J connectivity index is 1.96. The molecule has 1 saturated carbocycles. The van der Waals surface area contributed by atoms with Crippen molar-refractivity contribution in [2.24, 2.45) is 18.9 Å².